The molecule has 0 aliphatic carbocycles. The summed E-state index contributed by atoms with van der Waals surface area (Å²) in [5, 5.41) is 3.92. The van der Waals surface area contributed by atoms with Gasteiger partial charge in [0.2, 0.25) is 0 Å². The van der Waals surface area contributed by atoms with E-state index in [1.165, 1.54) is 15.9 Å². The second kappa shape index (κ2) is 7.38. The van der Waals surface area contributed by atoms with Crippen LogP contribution in [-0.4, -0.2) is 7.56 Å². The first-order valence-corrected chi connectivity index (χ1v) is 8.78. The van der Waals surface area contributed by atoms with Gasteiger partial charge in [-0.15, -0.1) is 0 Å². The molecule has 0 saturated carbocycles. The van der Waals surface area contributed by atoms with Crippen molar-refractivity contribution in [1.82, 2.24) is 0 Å². The number of hydrogen-bond donors (Lipinski definition) is 0. The van der Waals surface area contributed by atoms with E-state index in [2.05, 4.69) is 60.7 Å². The molecule has 0 radical (unpaired) electrons. The van der Waals surface area contributed by atoms with E-state index in [0.717, 1.165) is 5.56 Å². The van der Waals surface area contributed by atoms with Crippen LogP contribution in [-0.2, 0) is 6.32 Å². The average molecular weight is 306 g/mol. The first-order chi connectivity index (χ1) is 10.9. The van der Waals surface area contributed by atoms with Gasteiger partial charge in [0.15, 0.2) is 0 Å². The predicted octanol–water partition coefficient (Wildman–Crippen LogP) is 3.27. The van der Waals surface area contributed by atoms with Crippen LogP contribution in [0.5, 0.6) is 0 Å². The first kappa shape index (κ1) is 15.0. The minimum atomic E-state index is -0.595. The molecule has 0 nitrogen and oxygen atoms in total. The van der Waals surface area contributed by atoms with Crippen LogP contribution < -0.4 is 15.9 Å². The maximum Gasteiger partial charge on any atom is 0.335 e. The van der Waals surface area contributed by atoms with Gasteiger partial charge in [0, 0.05) is 0 Å². The van der Waals surface area contributed by atoms with Crippen molar-refractivity contribution in [2.45, 2.75) is 6.32 Å². The molecule has 0 heterocycles. The zero-order valence-corrected chi connectivity index (χ0v) is 13.2. The third kappa shape index (κ3) is 3.46. The SMILES string of the molecule is FBCc1cccc(P(c2ccccc2)c2ccccc2)c1. The summed E-state index contributed by atoms with van der Waals surface area (Å²) in [5.41, 5.74) is 1.07. The molecule has 0 amide bonds. The predicted molar refractivity (Wildman–Crippen MR) is 97.1 cm³/mol. The van der Waals surface area contributed by atoms with Crippen molar-refractivity contribution in [3.8, 4) is 0 Å². The van der Waals surface area contributed by atoms with Gasteiger partial charge in [0.25, 0.3) is 0 Å². The van der Waals surface area contributed by atoms with E-state index in [1.54, 1.807) is 0 Å². The molecule has 3 rings (SSSR count). The molecule has 0 aliphatic rings. The van der Waals surface area contributed by atoms with Crippen LogP contribution in [0.15, 0.2) is 84.9 Å². The number of hydrogen-bond acceptors (Lipinski definition) is 0. The lowest BCUT2D eigenvalue weighted by Gasteiger charge is -2.19. The van der Waals surface area contributed by atoms with Crippen molar-refractivity contribution in [2.24, 2.45) is 0 Å². The molecule has 0 atom stereocenters. The third-order valence-electron chi connectivity index (χ3n) is 3.58. The largest absolute Gasteiger partial charge is 0.341 e. The number of benzene rings is 3. The number of rotatable bonds is 5. The van der Waals surface area contributed by atoms with Crippen molar-refractivity contribution >= 4 is 31.4 Å². The summed E-state index contributed by atoms with van der Waals surface area (Å²) in [6.07, 6.45) is 0.487. The molecule has 0 aromatic heterocycles. The van der Waals surface area contributed by atoms with Gasteiger partial charge in [-0.25, -0.2) is 0 Å². The number of halogens is 1. The van der Waals surface area contributed by atoms with Crippen LogP contribution in [0.25, 0.3) is 0 Å². The highest BCUT2D eigenvalue weighted by molar-refractivity contribution is 7.79. The minimum absolute atomic E-state index is 0.307. The van der Waals surface area contributed by atoms with E-state index in [9.17, 15) is 4.32 Å². The lowest BCUT2D eigenvalue weighted by Crippen LogP contribution is -2.20. The molecule has 3 aromatic rings. The highest BCUT2D eigenvalue weighted by atomic mass is 31.1. The summed E-state index contributed by atoms with van der Waals surface area (Å²) in [7, 11) is -0.903. The molecule has 3 aromatic carbocycles. The molecule has 3 heteroatoms. The molecule has 108 valence electrons. The lowest BCUT2D eigenvalue weighted by atomic mass is 9.93. The van der Waals surface area contributed by atoms with Crippen molar-refractivity contribution < 1.29 is 4.32 Å². The summed E-state index contributed by atoms with van der Waals surface area (Å²) >= 11 is 0. The molecule has 0 unspecified atom stereocenters. The van der Waals surface area contributed by atoms with E-state index in [1.807, 2.05) is 24.3 Å². The van der Waals surface area contributed by atoms with Crippen molar-refractivity contribution in [2.75, 3.05) is 0 Å². The van der Waals surface area contributed by atoms with Gasteiger partial charge >= 0.3 is 7.56 Å². The molecule has 0 aliphatic heterocycles. The molecule has 22 heavy (non-hydrogen) atoms. The zero-order valence-electron chi connectivity index (χ0n) is 12.3. The fourth-order valence-electron chi connectivity index (χ4n) is 2.56. The summed E-state index contributed by atoms with van der Waals surface area (Å²) in [4.78, 5) is 0. The Labute approximate surface area is 133 Å². The van der Waals surface area contributed by atoms with Crippen LogP contribution >= 0.6 is 7.92 Å². The van der Waals surface area contributed by atoms with E-state index < -0.39 is 7.92 Å². The van der Waals surface area contributed by atoms with Crippen LogP contribution in [0.1, 0.15) is 5.56 Å². The van der Waals surface area contributed by atoms with Crippen molar-refractivity contribution in [3.63, 3.8) is 0 Å². The third-order valence-corrected chi connectivity index (χ3v) is 6.00. The molecular weight excluding hydrogens is 289 g/mol. The summed E-state index contributed by atoms with van der Waals surface area (Å²) < 4.78 is 12.7. The molecular formula is C19H17BFP. The topological polar surface area (TPSA) is 0 Å². The highest BCUT2D eigenvalue weighted by Crippen LogP contribution is 2.32. The van der Waals surface area contributed by atoms with Crippen molar-refractivity contribution in [1.29, 1.82) is 0 Å². The molecule has 0 saturated heterocycles. The Balaban J connectivity index is 2.08. The Morgan fingerprint density at radius 3 is 1.77 bits per heavy atom. The van der Waals surface area contributed by atoms with Gasteiger partial charge in [-0.05, 0) is 30.2 Å². The van der Waals surface area contributed by atoms with Crippen molar-refractivity contribution in [3.05, 3.63) is 90.5 Å². The van der Waals surface area contributed by atoms with E-state index in [4.69, 9.17) is 0 Å². The molecule has 0 N–H and O–H groups in total. The summed E-state index contributed by atoms with van der Waals surface area (Å²) in [6, 6.07) is 29.5. The average Bonchev–Trinajstić information content (AvgIpc) is 2.58. The summed E-state index contributed by atoms with van der Waals surface area (Å²) in [6.45, 7) is 0. The van der Waals surface area contributed by atoms with Gasteiger partial charge < -0.3 is 4.32 Å². The first-order valence-electron chi connectivity index (χ1n) is 7.43. The van der Waals surface area contributed by atoms with Gasteiger partial charge in [0.1, 0.15) is 0 Å². The standard InChI is InChI=1S/C19H17BFP/c21-20-15-16-8-7-13-19(14-16)22(17-9-3-1-4-10-17)18-11-5-2-6-12-18/h1-14,20H,15H2. The monoisotopic (exact) mass is 306 g/mol. The second-order valence-electron chi connectivity index (χ2n) is 5.12. The second-order valence-corrected chi connectivity index (χ2v) is 7.34. The Hall–Kier alpha value is -1.92. The van der Waals surface area contributed by atoms with Crippen LogP contribution in [0.2, 0.25) is 0 Å². The molecule has 0 fully saturated rings. The lowest BCUT2D eigenvalue weighted by molar-refractivity contribution is 0.859. The van der Waals surface area contributed by atoms with Gasteiger partial charge in [0.05, 0.1) is 0 Å². The molecule has 0 spiro atoms. The molecule has 0 bridgehead atoms. The maximum atomic E-state index is 12.7. The van der Waals surface area contributed by atoms with Crippen LogP contribution in [0.3, 0.4) is 0 Å². The minimum Gasteiger partial charge on any atom is -0.341 e. The van der Waals surface area contributed by atoms with E-state index >= 15 is 0 Å². The van der Waals surface area contributed by atoms with Gasteiger partial charge in [-0.1, -0.05) is 90.5 Å². The fourth-order valence-corrected chi connectivity index (χ4v) is 4.93. The van der Waals surface area contributed by atoms with Crippen LogP contribution in [0, 0.1) is 0 Å². The maximum absolute atomic E-state index is 12.7. The quantitative estimate of drug-likeness (QED) is 0.501. The zero-order chi connectivity index (χ0) is 15.2. The van der Waals surface area contributed by atoms with Gasteiger partial charge in [-0.2, -0.15) is 0 Å². The normalized spacial score (nSPS) is 10.6. The Morgan fingerprint density at radius 1 is 0.682 bits per heavy atom. The summed E-state index contributed by atoms with van der Waals surface area (Å²) in [5.74, 6) is 0. The fraction of sp³-hybridized carbons (Fsp3) is 0.0526. The Bertz CT molecular complexity index is 676. The highest BCUT2D eigenvalue weighted by Gasteiger charge is 2.16. The Morgan fingerprint density at radius 2 is 1.23 bits per heavy atom. The van der Waals surface area contributed by atoms with E-state index in [0.29, 0.717) is 6.32 Å². The van der Waals surface area contributed by atoms with Gasteiger partial charge in [-0.3, -0.25) is 0 Å². The van der Waals surface area contributed by atoms with Crippen LogP contribution in [0.4, 0.5) is 4.32 Å². The Kier molecular flexibility index (Phi) is 5.03. The van der Waals surface area contributed by atoms with E-state index in [-0.39, 0.29) is 7.56 Å². The smallest absolute Gasteiger partial charge is 0.335 e.